The summed E-state index contributed by atoms with van der Waals surface area (Å²) < 4.78 is 2.07. The van der Waals surface area contributed by atoms with Crippen molar-refractivity contribution in [1.82, 2.24) is 24.4 Å². The maximum Gasteiger partial charge on any atom is 0.188 e. The van der Waals surface area contributed by atoms with Crippen molar-refractivity contribution in [2.75, 3.05) is 11.9 Å². The maximum absolute atomic E-state index is 9.00. The molecular weight excluding hydrogens is 346 g/mol. The molecule has 1 N–H and O–H groups in total. The number of anilines is 2. The van der Waals surface area contributed by atoms with Crippen LogP contribution in [0.2, 0.25) is 0 Å². The molecule has 0 amide bonds. The van der Waals surface area contributed by atoms with E-state index in [-0.39, 0.29) is 0 Å². The van der Waals surface area contributed by atoms with Crippen LogP contribution in [-0.2, 0) is 13.6 Å². The minimum atomic E-state index is 0.317. The average molecular weight is 365 g/mol. The highest BCUT2D eigenvalue weighted by Gasteiger charge is 2.28. The molecule has 1 fully saturated rings. The van der Waals surface area contributed by atoms with E-state index in [1.807, 2.05) is 19.4 Å². The quantitative estimate of drug-likeness (QED) is 0.747. The van der Waals surface area contributed by atoms with E-state index in [0.29, 0.717) is 17.4 Å². The van der Waals surface area contributed by atoms with Gasteiger partial charge in [0.1, 0.15) is 11.6 Å². The second-order valence-electron chi connectivity index (χ2n) is 6.33. The van der Waals surface area contributed by atoms with Crippen molar-refractivity contribution in [2.24, 2.45) is 7.05 Å². The number of nitrogens with zero attached hydrogens (tertiary/aromatic N) is 6. The molecule has 1 aliphatic rings. The van der Waals surface area contributed by atoms with Crippen molar-refractivity contribution in [3.05, 3.63) is 53.2 Å². The first-order valence-corrected chi connectivity index (χ1v) is 9.40. The minimum absolute atomic E-state index is 0.317. The molecule has 1 aliphatic heterocycles. The molecule has 1 saturated heterocycles. The molecule has 0 saturated carbocycles. The summed E-state index contributed by atoms with van der Waals surface area (Å²) in [6.07, 6.45) is 7.72. The van der Waals surface area contributed by atoms with E-state index in [4.69, 9.17) is 10.2 Å². The molecule has 26 heavy (non-hydrogen) atoms. The second-order valence-corrected chi connectivity index (χ2v) is 7.19. The molecule has 0 radical (unpaired) electrons. The van der Waals surface area contributed by atoms with E-state index in [1.165, 1.54) is 6.42 Å². The molecular formula is C18H19N7S. The van der Waals surface area contributed by atoms with Gasteiger partial charge in [-0.1, -0.05) is 0 Å². The van der Waals surface area contributed by atoms with E-state index in [9.17, 15) is 0 Å². The number of pyridine rings is 1. The van der Waals surface area contributed by atoms with Gasteiger partial charge in [-0.15, -0.1) is 11.3 Å². The molecule has 8 heteroatoms. The molecule has 3 aromatic heterocycles. The number of imidazole rings is 1. The van der Waals surface area contributed by atoms with Crippen molar-refractivity contribution in [3.8, 4) is 6.07 Å². The van der Waals surface area contributed by atoms with E-state index >= 15 is 0 Å². The molecule has 0 spiro atoms. The Hall–Kier alpha value is -2.76. The number of nitrogens with one attached hydrogen (secondary N) is 1. The van der Waals surface area contributed by atoms with E-state index in [2.05, 4.69) is 36.2 Å². The fourth-order valence-corrected chi connectivity index (χ4v) is 4.02. The molecule has 4 rings (SSSR count). The Morgan fingerprint density at radius 3 is 3.12 bits per heavy atom. The van der Waals surface area contributed by atoms with Gasteiger partial charge in [0.25, 0.3) is 0 Å². The Balaban J connectivity index is 1.48. The zero-order valence-electron chi connectivity index (χ0n) is 14.5. The lowest BCUT2D eigenvalue weighted by molar-refractivity contribution is 0.237. The molecule has 7 nitrogen and oxygen atoms in total. The molecule has 4 heterocycles. The lowest BCUT2D eigenvalue weighted by Crippen LogP contribution is -2.24. The van der Waals surface area contributed by atoms with Crippen LogP contribution in [0.3, 0.4) is 0 Å². The van der Waals surface area contributed by atoms with Crippen LogP contribution in [0.1, 0.15) is 36.0 Å². The van der Waals surface area contributed by atoms with E-state index in [0.717, 1.165) is 36.2 Å². The van der Waals surface area contributed by atoms with Gasteiger partial charge in [-0.05, 0) is 31.5 Å². The molecule has 0 aromatic carbocycles. The highest BCUT2D eigenvalue weighted by Crippen LogP contribution is 2.35. The van der Waals surface area contributed by atoms with Crippen LogP contribution in [0.4, 0.5) is 10.9 Å². The van der Waals surface area contributed by atoms with Crippen LogP contribution in [0, 0.1) is 11.3 Å². The molecule has 1 atom stereocenters. The van der Waals surface area contributed by atoms with Crippen LogP contribution in [-0.4, -0.2) is 31.0 Å². The first-order chi connectivity index (χ1) is 12.7. The Labute approximate surface area is 156 Å². The third-order valence-electron chi connectivity index (χ3n) is 4.62. The van der Waals surface area contributed by atoms with Crippen molar-refractivity contribution < 1.29 is 0 Å². The third-order valence-corrected chi connectivity index (χ3v) is 5.39. The van der Waals surface area contributed by atoms with Crippen LogP contribution in [0.5, 0.6) is 0 Å². The summed E-state index contributed by atoms with van der Waals surface area (Å²) in [6.45, 7) is 1.89. The topological polar surface area (TPSA) is 82.7 Å². The predicted molar refractivity (Wildman–Crippen MR) is 99.9 cm³/mol. The number of hydrogen-bond donors (Lipinski definition) is 1. The van der Waals surface area contributed by atoms with Crippen molar-refractivity contribution >= 4 is 22.3 Å². The first kappa shape index (κ1) is 16.7. The highest BCUT2D eigenvalue weighted by atomic mass is 32.1. The minimum Gasteiger partial charge on any atom is -0.337 e. The Morgan fingerprint density at radius 2 is 2.31 bits per heavy atom. The number of rotatable bonds is 5. The SMILES string of the molecule is Cn1ccnc1CN1CCCC1c1csc(Nc2cc(C#N)ccn2)n1. The van der Waals surface area contributed by atoms with Crippen LogP contribution >= 0.6 is 11.3 Å². The maximum atomic E-state index is 9.00. The van der Waals surface area contributed by atoms with Gasteiger partial charge in [0.05, 0.1) is 29.9 Å². The summed E-state index contributed by atoms with van der Waals surface area (Å²) in [5.74, 6) is 1.71. The fraction of sp³-hybridized carbons (Fsp3) is 0.333. The van der Waals surface area contributed by atoms with Crippen molar-refractivity contribution in [1.29, 1.82) is 5.26 Å². The summed E-state index contributed by atoms with van der Waals surface area (Å²) in [5.41, 5.74) is 1.66. The lowest BCUT2D eigenvalue weighted by atomic mass is 10.2. The number of thiazole rings is 1. The Morgan fingerprint density at radius 1 is 1.38 bits per heavy atom. The zero-order valence-corrected chi connectivity index (χ0v) is 15.3. The third kappa shape index (κ3) is 3.45. The van der Waals surface area contributed by atoms with Gasteiger partial charge >= 0.3 is 0 Å². The molecule has 132 valence electrons. The average Bonchev–Trinajstić information content (AvgIpc) is 3.38. The number of aryl methyl sites for hydroxylation is 1. The first-order valence-electron chi connectivity index (χ1n) is 8.52. The van der Waals surface area contributed by atoms with Crippen LogP contribution in [0.15, 0.2) is 36.1 Å². The number of likely N-dealkylation sites (tertiary alicyclic amines) is 1. The summed E-state index contributed by atoms with van der Waals surface area (Å²) in [5, 5.41) is 15.1. The predicted octanol–water partition coefficient (Wildman–Crippen LogP) is 3.22. The normalized spacial score (nSPS) is 17.3. The van der Waals surface area contributed by atoms with Gasteiger partial charge in [-0.25, -0.2) is 15.0 Å². The zero-order chi connectivity index (χ0) is 17.9. The molecule has 0 bridgehead atoms. The van der Waals surface area contributed by atoms with Crippen LogP contribution in [0.25, 0.3) is 0 Å². The Kier molecular flexibility index (Phi) is 4.65. The van der Waals surface area contributed by atoms with Gasteiger partial charge in [-0.3, -0.25) is 4.90 Å². The smallest absolute Gasteiger partial charge is 0.188 e. The lowest BCUT2D eigenvalue weighted by Gasteiger charge is -2.22. The van der Waals surface area contributed by atoms with Gasteiger partial charge in [0, 0.05) is 31.0 Å². The summed E-state index contributed by atoms with van der Waals surface area (Å²) in [4.78, 5) is 15.9. The van der Waals surface area contributed by atoms with Gasteiger partial charge < -0.3 is 9.88 Å². The number of aromatic nitrogens is 4. The monoisotopic (exact) mass is 365 g/mol. The van der Waals surface area contributed by atoms with E-state index < -0.39 is 0 Å². The number of hydrogen-bond acceptors (Lipinski definition) is 7. The second kappa shape index (κ2) is 7.23. The van der Waals surface area contributed by atoms with Gasteiger partial charge in [0.15, 0.2) is 5.13 Å². The van der Waals surface area contributed by atoms with Gasteiger partial charge in [-0.2, -0.15) is 5.26 Å². The Bertz CT molecular complexity index is 939. The summed E-state index contributed by atoms with van der Waals surface area (Å²) in [7, 11) is 2.03. The number of nitriles is 1. The van der Waals surface area contributed by atoms with Crippen LogP contribution < -0.4 is 5.32 Å². The summed E-state index contributed by atoms with van der Waals surface area (Å²) >= 11 is 1.57. The molecule has 0 aliphatic carbocycles. The molecule has 1 unspecified atom stereocenters. The van der Waals surface area contributed by atoms with Crippen molar-refractivity contribution in [3.63, 3.8) is 0 Å². The molecule has 3 aromatic rings. The summed E-state index contributed by atoms with van der Waals surface area (Å²) in [6, 6.07) is 5.85. The highest BCUT2D eigenvalue weighted by molar-refractivity contribution is 7.13. The largest absolute Gasteiger partial charge is 0.337 e. The van der Waals surface area contributed by atoms with Crippen molar-refractivity contribution in [2.45, 2.75) is 25.4 Å². The van der Waals surface area contributed by atoms with Gasteiger partial charge in [0.2, 0.25) is 0 Å². The standard InChI is InChI=1S/C18H19N7S/c1-24-8-6-21-17(24)11-25-7-2-3-15(25)14-12-26-18(22-14)23-16-9-13(10-19)4-5-20-16/h4-6,8-9,12,15H,2-3,7,11H2,1H3,(H,20,22,23). The van der Waals surface area contributed by atoms with E-state index in [1.54, 1.807) is 29.7 Å². The fourth-order valence-electron chi connectivity index (χ4n) is 3.26.